The van der Waals surface area contributed by atoms with Crippen LogP contribution in [-0.2, 0) is 32.9 Å². The fraction of sp³-hybridized carbons (Fsp3) is 0.477. The van der Waals surface area contributed by atoms with Gasteiger partial charge in [-0.3, -0.25) is 34.0 Å². The minimum Gasteiger partial charge on any atom is -0.390 e. The number of anilines is 2. The molecule has 16 heteroatoms. The predicted molar refractivity (Wildman–Crippen MR) is 230 cm³/mol. The highest BCUT2D eigenvalue weighted by molar-refractivity contribution is 7.92. The summed E-state index contributed by atoms with van der Waals surface area (Å²) in [6.07, 6.45) is 8.68. The van der Waals surface area contributed by atoms with Crippen LogP contribution in [0, 0.1) is 23.7 Å². The van der Waals surface area contributed by atoms with E-state index in [1.54, 1.807) is 24.3 Å². The van der Waals surface area contributed by atoms with E-state index in [1.165, 1.54) is 18.0 Å². The van der Waals surface area contributed by atoms with E-state index in [0.29, 0.717) is 65.8 Å². The zero-order valence-corrected chi connectivity index (χ0v) is 35.7. The van der Waals surface area contributed by atoms with Crippen LogP contribution in [0.4, 0.5) is 11.4 Å². The first-order chi connectivity index (χ1) is 28.4. The number of benzene rings is 2. The number of hydrogen-bond acceptors (Lipinski definition) is 12. The van der Waals surface area contributed by atoms with Crippen molar-refractivity contribution in [3.63, 3.8) is 0 Å². The molecule has 2 aliphatic carbocycles. The highest BCUT2D eigenvalue weighted by atomic mass is 32.2. The molecule has 322 valence electrons. The Morgan fingerprint density at radius 1 is 0.667 bits per heavy atom. The van der Waals surface area contributed by atoms with Crippen molar-refractivity contribution in [1.29, 1.82) is 0 Å². The lowest BCUT2D eigenvalue weighted by atomic mass is 9.91. The molecule has 4 fully saturated rings. The van der Waals surface area contributed by atoms with Crippen molar-refractivity contribution in [2.45, 2.75) is 55.8 Å². The predicted octanol–water partition coefficient (Wildman–Crippen LogP) is 3.75. The number of sulfonamides is 2. The molecular weight excluding hydrogens is 805 g/mol. The first-order valence-electron chi connectivity index (χ1n) is 20.4. The number of likely N-dealkylation sites (tertiary alicyclic amines) is 2. The monoisotopic (exact) mass is 860 g/mol. The van der Waals surface area contributed by atoms with Gasteiger partial charge in [0, 0.05) is 45.6 Å². The van der Waals surface area contributed by atoms with Crippen LogP contribution in [0.3, 0.4) is 0 Å². The molecule has 3 unspecified atom stereocenters. The summed E-state index contributed by atoms with van der Waals surface area (Å²) in [5.41, 5.74) is 2.60. The minimum absolute atomic E-state index is 0.0829. The molecule has 60 heavy (non-hydrogen) atoms. The summed E-state index contributed by atoms with van der Waals surface area (Å²) < 4.78 is 49.8. The first kappa shape index (κ1) is 43.8. The van der Waals surface area contributed by atoms with Crippen LogP contribution < -0.4 is 9.44 Å². The Hall–Kier alpha value is -4.29. The Kier molecular flexibility index (Phi) is 13.1. The average molecular weight is 861 g/mol. The van der Waals surface area contributed by atoms with Crippen LogP contribution in [0.2, 0.25) is 0 Å². The molecule has 0 amide bonds. The van der Waals surface area contributed by atoms with E-state index >= 15 is 0 Å². The summed E-state index contributed by atoms with van der Waals surface area (Å²) in [5.74, 6) is 1.61. The summed E-state index contributed by atoms with van der Waals surface area (Å²) in [7, 11) is -6.72. The number of carbonyl (C=O) groups excluding carboxylic acids is 1. The van der Waals surface area contributed by atoms with Crippen molar-refractivity contribution < 1.29 is 36.9 Å². The number of carbonyl (C=O) groups is 1. The third kappa shape index (κ3) is 12.0. The van der Waals surface area contributed by atoms with Crippen molar-refractivity contribution in [2.24, 2.45) is 23.7 Å². The highest BCUT2D eigenvalue weighted by Gasteiger charge is 2.49. The maximum Gasteiger partial charge on any atom is 0.229 e. The SMILES string of the molecule is CS(=O)(=O)Nc1ccc(C(=O)CN2C[C@@H]3CC(O)(Cc4ccccc4)C[C@@H]3C2)nc1.CS(=O)(=O)Nc1ccc(C(O)CN2C[C@@H]3CC(O)(Cc4ccccc4)C[C@@H]3C2)nc1. The van der Waals surface area contributed by atoms with Gasteiger partial charge >= 0.3 is 0 Å². The molecule has 8 rings (SSSR count). The van der Waals surface area contributed by atoms with E-state index in [9.17, 15) is 36.9 Å². The lowest BCUT2D eigenvalue weighted by Gasteiger charge is -2.27. The van der Waals surface area contributed by atoms with Gasteiger partial charge in [-0.15, -0.1) is 0 Å². The largest absolute Gasteiger partial charge is 0.390 e. The van der Waals surface area contributed by atoms with E-state index in [2.05, 4.69) is 53.5 Å². The maximum absolute atomic E-state index is 12.6. The number of Topliss-reactive ketones (excluding diaryl/α,β-unsaturated/α-hetero) is 1. The number of ketones is 1. The van der Waals surface area contributed by atoms with E-state index < -0.39 is 37.4 Å². The summed E-state index contributed by atoms with van der Waals surface area (Å²) >= 11 is 0. The molecule has 2 aromatic heterocycles. The average Bonchev–Trinajstić information content (AvgIpc) is 3.88. The number of hydrogen-bond donors (Lipinski definition) is 5. The van der Waals surface area contributed by atoms with E-state index in [1.807, 2.05) is 36.4 Å². The second kappa shape index (κ2) is 18.0. The van der Waals surface area contributed by atoms with Crippen LogP contribution in [0.5, 0.6) is 0 Å². The number of aromatic nitrogens is 2. The third-order valence-electron chi connectivity index (χ3n) is 12.2. The Labute approximate surface area is 353 Å². The van der Waals surface area contributed by atoms with Crippen molar-refractivity contribution in [3.05, 3.63) is 120 Å². The van der Waals surface area contributed by atoms with Crippen molar-refractivity contribution >= 4 is 37.2 Å². The van der Waals surface area contributed by atoms with Gasteiger partial charge < -0.3 is 15.3 Å². The molecule has 0 radical (unpaired) electrons. The smallest absolute Gasteiger partial charge is 0.229 e. The molecule has 5 N–H and O–H groups in total. The van der Waals surface area contributed by atoms with Gasteiger partial charge in [0.25, 0.3) is 0 Å². The standard InChI is InChI=1S/C22H29N3O4S.C22H27N3O4S/c2*1-30(28,29)24-19-7-8-20(23-12-19)21(26)15-25-13-17-10-22(27,11-18(17)14-25)9-16-5-3-2-4-6-16/h2-8,12,17-18,21,24,26-27H,9-11,13-15H2,1H3;2-8,12,17-18,24,27H,9-11,13-15H2,1H3/t17-,18+,21?,22?;17-,18+,22?. The third-order valence-corrected chi connectivity index (χ3v) is 13.4. The quantitative estimate of drug-likeness (QED) is 0.115. The molecule has 2 saturated carbocycles. The van der Waals surface area contributed by atoms with Crippen molar-refractivity contribution in [2.75, 3.05) is 61.2 Å². The van der Waals surface area contributed by atoms with Crippen LogP contribution >= 0.6 is 0 Å². The molecule has 0 bridgehead atoms. The number of rotatable bonds is 14. The molecule has 4 heterocycles. The second-order valence-corrected chi connectivity index (χ2v) is 21.1. The topological polar surface area (TPSA) is 202 Å². The molecule has 4 aromatic rings. The molecule has 0 spiro atoms. The fourth-order valence-corrected chi connectivity index (χ4v) is 11.1. The van der Waals surface area contributed by atoms with Gasteiger partial charge in [-0.05, 0) is 84.7 Å². The van der Waals surface area contributed by atoms with Crippen LogP contribution in [0.25, 0.3) is 0 Å². The van der Waals surface area contributed by atoms with Gasteiger partial charge in [0.05, 0.1) is 59.7 Å². The lowest BCUT2D eigenvalue weighted by Crippen LogP contribution is -2.34. The van der Waals surface area contributed by atoms with Gasteiger partial charge in [0.15, 0.2) is 5.78 Å². The number of fused-ring (bicyclic) bond motifs is 2. The van der Waals surface area contributed by atoms with E-state index in [-0.39, 0.29) is 12.3 Å². The van der Waals surface area contributed by atoms with Gasteiger partial charge in [-0.2, -0.15) is 0 Å². The van der Waals surface area contributed by atoms with E-state index in [4.69, 9.17) is 0 Å². The normalized spacial score (nSPS) is 27.1. The van der Waals surface area contributed by atoms with Gasteiger partial charge in [-0.1, -0.05) is 60.7 Å². The molecule has 4 aliphatic rings. The Bertz CT molecular complexity index is 2270. The van der Waals surface area contributed by atoms with Gasteiger partial charge in [0.2, 0.25) is 20.0 Å². The van der Waals surface area contributed by atoms with E-state index in [0.717, 1.165) is 69.9 Å². The number of aliphatic hydroxyl groups excluding tert-OH is 1. The molecule has 2 aliphatic heterocycles. The van der Waals surface area contributed by atoms with Crippen LogP contribution in [0.1, 0.15) is 59.1 Å². The van der Waals surface area contributed by atoms with Crippen molar-refractivity contribution in [1.82, 2.24) is 19.8 Å². The van der Waals surface area contributed by atoms with Gasteiger partial charge in [0.1, 0.15) is 11.8 Å². The number of aliphatic hydroxyl groups is 3. The molecule has 2 saturated heterocycles. The Balaban J connectivity index is 0.000000181. The van der Waals surface area contributed by atoms with Crippen LogP contribution in [-0.4, -0.2) is 121 Å². The summed E-state index contributed by atoms with van der Waals surface area (Å²) in [6.45, 7) is 4.12. The highest BCUT2D eigenvalue weighted by Crippen LogP contribution is 2.46. The summed E-state index contributed by atoms with van der Waals surface area (Å²) in [6, 6.07) is 26.6. The van der Waals surface area contributed by atoms with Crippen molar-refractivity contribution in [3.8, 4) is 0 Å². The first-order valence-corrected chi connectivity index (χ1v) is 24.2. The summed E-state index contributed by atoms with van der Waals surface area (Å²) in [5, 5.41) is 32.7. The Morgan fingerprint density at radius 2 is 1.10 bits per heavy atom. The molecule has 2 aromatic carbocycles. The second-order valence-electron chi connectivity index (χ2n) is 17.6. The number of nitrogens with zero attached hydrogens (tertiary/aromatic N) is 4. The number of β-amino-alcohol motifs (C(OH)–C–C–N with tert-alkyl or cyclic N) is 1. The minimum atomic E-state index is -3.37. The zero-order chi connectivity index (χ0) is 42.7. The number of nitrogens with one attached hydrogen (secondary N) is 2. The molecule has 7 atom stereocenters. The fourth-order valence-electron chi connectivity index (χ4n) is 9.97. The number of pyridine rings is 2. The van der Waals surface area contributed by atoms with Crippen LogP contribution in [0.15, 0.2) is 97.3 Å². The lowest BCUT2D eigenvalue weighted by molar-refractivity contribution is 0.0325. The van der Waals surface area contributed by atoms with Gasteiger partial charge in [-0.25, -0.2) is 16.8 Å². The molecule has 14 nitrogen and oxygen atoms in total. The summed E-state index contributed by atoms with van der Waals surface area (Å²) in [4.78, 5) is 25.3. The molecular formula is C44H56N6O8S2. The maximum atomic E-state index is 12.6. The Morgan fingerprint density at radius 3 is 1.50 bits per heavy atom. The zero-order valence-electron chi connectivity index (χ0n) is 34.1.